The molecule has 0 amide bonds. The Bertz CT molecular complexity index is 1750. The molecule has 0 fully saturated rings. The maximum Gasteiger partial charge on any atom is 0.192 e. The van der Waals surface area contributed by atoms with Crippen molar-refractivity contribution in [3.8, 4) is 17.2 Å². The van der Waals surface area contributed by atoms with Crippen molar-refractivity contribution >= 4 is 28.9 Å². The van der Waals surface area contributed by atoms with Gasteiger partial charge >= 0.3 is 0 Å². The van der Waals surface area contributed by atoms with Gasteiger partial charge in [0.05, 0.1) is 11.1 Å². The molecular formula is C46H60O8. The number of rotatable bonds is 19. The first-order chi connectivity index (χ1) is 25.3. The summed E-state index contributed by atoms with van der Waals surface area (Å²) in [5.41, 5.74) is 0.301. The van der Waals surface area contributed by atoms with Gasteiger partial charge in [0, 0.05) is 65.2 Å². The number of phenols is 3. The third kappa shape index (κ3) is 10.5. The second-order valence-corrected chi connectivity index (χ2v) is 16.1. The summed E-state index contributed by atoms with van der Waals surface area (Å²) in [6.45, 7) is 17.3. The van der Waals surface area contributed by atoms with Crippen LogP contribution in [-0.2, 0) is 32.0 Å². The Morgan fingerprint density at radius 3 is 1.33 bits per heavy atom. The van der Waals surface area contributed by atoms with Crippen LogP contribution in [0.3, 0.4) is 0 Å². The van der Waals surface area contributed by atoms with Crippen molar-refractivity contribution in [1.29, 1.82) is 0 Å². The van der Waals surface area contributed by atoms with Crippen LogP contribution in [0.5, 0.6) is 17.2 Å². The highest BCUT2D eigenvalue weighted by Gasteiger charge is 2.37. The largest absolute Gasteiger partial charge is 0.507 e. The highest BCUT2D eigenvalue weighted by atomic mass is 16.3. The van der Waals surface area contributed by atoms with E-state index in [0.717, 1.165) is 24.0 Å². The number of carbonyl (C=O) groups is 5. The minimum absolute atomic E-state index is 0.0141. The SMILES string of the molecule is CCCCCC(=O)c1c(O)c(CC2=C[C@](C)(CC=C(C)C)C=C(C(=O)CCC)C2=O)c(O)c(CC2=C[C@](C)(CC=C(C)C)C=C(C(=O)CCC)C2=O)c1O. The normalized spacial score (nSPS) is 19.7. The van der Waals surface area contributed by atoms with E-state index in [-0.39, 0.29) is 77.1 Å². The summed E-state index contributed by atoms with van der Waals surface area (Å²) in [5.74, 6) is -4.08. The van der Waals surface area contributed by atoms with E-state index in [1.807, 2.05) is 74.5 Å². The fourth-order valence-corrected chi connectivity index (χ4v) is 7.09. The molecule has 1 aromatic rings. The first-order valence-corrected chi connectivity index (χ1v) is 19.4. The van der Waals surface area contributed by atoms with Crippen LogP contribution in [0, 0.1) is 10.8 Å². The van der Waals surface area contributed by atoms with Crippen molar-refractivity contribution < 1.29 is 39.3 Å². The van der Waals surface area contributed by atoms with Gasteiger partial charge in [-0.25, -0.2) is 0 Å². The van der Waals surface area contributed by atoms with Gasteiger partial charge in [0.15, 0.2) is 28.9 Å². The van der Waals surface area contributed by atoms with E-state index >= 15 is 0 Å². The lowest BCUT2D eigenvalue weighted by molar-refractivity contribution is -0.121. The van der Waals surface area contributed by atoms with Gasteiger partial charge < -0.3 is 15.3 Å². The third-order valence-electron chi connectivity index (χ3n) is 10.1. The van der Waals surface area contributed by atoms with E-state index in [4.69, 9.17) is 0 Å². The molecule has 0 bridgehead atoms. The Balaban J connectivity index is 2.30. The molecule has 1 aromatic carbocycles. The van der Waals surface area contributed by atoms with E-state index in [1.54, 1.807) is 24.3 Å². The topological polar surface area (TPSA) is 146 Å². The number of unbranched alkanes of at least 4 members (excludes halogenated alkanes) is 2. The third-order valence-corrected chi connectivity index (χ3v) is 10.1. The van der Waals surface area contributed by atoms with Gasteiger partial charge in [0.2, 0.25) is 0 Å². The molecule has 3 rings (SSSR count). The van der Waals surface area contributed by atoms with Gasteiger partial charge in [-0.2, -0.15) is 0 Å². The van der Waals surface area contributed by atoms with Crippen molar-refractivity contribution in [3.63, 3.8) is 0 Å². The van der Waals surface area contributed by atoms with E-state index in [1.165, 1.54) is 0 Å². The predicted molar refractivity (Wildman–Crippen MR) is 214 cm³/mol. The number of allylic oxidation sites excluding steroid dienone is 12. The molecule has 2 aliphatic rings. The van der Waals surface area contributed by atoms with Crippen molar-refractivity contribution in [3.05, 3.63) is 86.6 Å². The monoisotopic (exact) mass is 740 g/mol. The summed E-state index contributed by atoms with van der Waals surface area (Å²) >= 11 is 0. The van der Waals surface area contributed by atoms with Crippen molar-refractivity contribution in [2.45, 2.75) is 139 Å². The summed E-state index contributed by atoms with van der Waals surface area (Å²) in [5, 5.41) is 35.4. The molecule has 0 saturated heterocycles. The van der Waals surface area contributed by atoms with Crippen LogP contribution in [0.1, 0.15) is 148 Å². The van der Waals surface area contributed by atoms with E-state index in [2.05, 4.69) is 0 Å². The lowest BCUT2D eigenvalue weighted by atomic mass is 9.73. The molecule has 0 aromatic heterocycles. The summed E-state index contributed by atoms with van der Waals surface area (Å²) < 4.78 is 0. The molecule has 54 heavy (non-hydrogen) atoms. The number of ketones is 5. The predicted octanol–water partition coefficient (Wildman–Crippen LogP) is 9.99. The van der Waals surface area contributed by atoms with Gasteiger partial charge in [-0.1, -0.05) is 95.1 Å². The van der Waals surface area contributed by atoms with Gasteiger partial charge in [-0.3, -0.25) is 24.0 Å². The molecule has 2 atom stereocenters. The molecule has 0 spiro atoms. The number of benzene rings is 1. The highest BCUT2D eigenvalue weighted by Crippen LogP contribution is 2.47. The van der Waals surface area contributed by atoms with Crippen LogP contribution in [0.15, 0.2) is 69.9 Å². The summed E-state index contributed by atoms with van der Waals surface area (Å²) in [6.07, 6.45) is 14.7. The van der Waals surface area contributed by atoms with Crippen molar-refractivity contribution in [2.24, 2.45) is 10.8 Å². The molecule has 0 heterocycles. The smallest absolute Gasteiger partial charge is 0.192 e. The molecule has 0 saturated carbocycles. The number of hydrogen-bond donors (Lipinski definition) is 3. The average molecular weight is 741 g/mol. The van der Waals surface area contributed by atoms with Crippen molar-refractivity contribution in [2.75, 3.05) is 0 Å². The van der Waals surface area contributed by atoms with Crippen LogP contribution in [-0.4, -0.2) is 44.2 Å². The Morgan fingerprint density at radius 2 is 0.981 bits per heavy atom. The van der Waals surface area contributed by atoms with Crippen molar-refractivity contribution in [1.82, 2.24) is 0 Å². The Morgan fingerprint density at radius 1 is 0.574 bits per heavy atom. The molecule has 8 nitrogen and oxygen atoms in total. The molecule has 2 aliphatic carbocycles. The maximum atomic E-state index is 14.0. The quantitative estimate of drug-likeness (QED) is 0.0550. The van der Waals surface area contributed by atoms with Gasteiger partial charge in [-0.05, 0) is 59.8 Å². The lowest BCUT2D eigenvalue weighted by Gasteiger charge is -2.29. The Hall–Kier alpha value is -4.59. The van der Waals surface area contributed by atoms with Gasteiger partial charge in [0.1, 0.15) is 22.8 Å². The molecule has 8 heteroatoms. The number of hydrogen-bond acceptors (Lipinski definition) is 8. The number of Topliss-reactive ketones (excluding diaryl/α,β-unsaturated/α-hetero) is 5. The number of phenolic OH excluding ortho intramolecular Hbond substituents is 3. The second kappa shape index (κ2) is 18.6. The van der Waals surface area contributed by atoms with Crippen LogP contribution in [0.4, 0.5) is 0 Å². The lowest BCUT2D eigenvalue weighted by Crippen LogP contribution is -2.27. The molecule has 0 radical (unpaired) electrons. The van der Waals surface area contributed by atoms with Crippen LogP contribution >= 0.6 is 0 Å². The first kappa shape index (κ1) is 43.8. The number of carbonyl (C=O) groups excluding carboxylic acids is 5. The molecule has 0 aliphatic heterocycles. The van der Waals surface area contributed by atoms with Gasteiger partial charge in [-0.15, -0.1) is 0 Å². The Labute approximate surface area is 321 Å². The molecule has 0 unspecified atom stereocenters. The molecule has 3 N–H and O–H groups in total. The maximum absolute atomic E-state index is 14.0. The molecule has 292 valence electrons. The molecular weight excluding hydrogens is 680 g/mol. The van der Waals surface area contributed by atoms with Crippen LogP contribution < -0.4 is 0 Å². The zero-order valence-electron chi connectivity index (χ0n) is 33.8. The zero-order chi connectivity index (χ0) is 40.5. The fraction of sp³-hybridized carbons (Fsp3) is 0.500. The highest BCUT2D eigenvalue weighted by molar-refractivity contribution is 6.27. The van der Waals surface area contributed by atoms with Crippen LogP contribution in [0.25, 0.3) is 0 Å². The second-order valence-electron chi connectivity index (χ2n) is 16.1. The average Bonchev–Trinajstić information content (AvgIpc) is 3.10. The zero-order valence-corrected chi connectivity index (χ0v) is 33.8. The summed E-state index contributed by atoms with van der Waals surface area (Å²) in [6, 6.07) is 0. The summed E-state index contributed by atoms with van der Waals surface area (Å²) in [7, 11) is 0. The minimum Gasteiger partial charge on any atom is -0.507 e. The Kier molecular flexibility index (Phi) is 15.1. The number of aromatic hydroxyl groups is 3. The standard InChI is InChI=1S/C46H60O8/c1-10-13-14-17-38(49)39-43(53)32(22-30-24-45(8,20-18-28(4)5)26-34(40(30)50)36(47)15-11-2)42(52)33(44(39)54)23-31-25-46(9,21-19-29(6)7)27-35(41(31)51)37(48)16-12-3/h18-19,24-27,52-54H,10-17,20-23H2,1-9H3/t45-,46-/m0/s1. The van der Waals surface area contributed by atoms with E-state index < -0.39 is 51.0 Å². The van der Waals surface area contributed by atoms with Crippen LogP contribution in [0.2, 0.25) is 0 Å². The van der Waals surface area contributed by atoms with E-state index in [0.29, 0.717) is 32.1 Å². The van der Waals surface area contributed by atoms with E-state index in [9.17, 15) is 39.3 Å². The van der Waals surface area contributed by atoms with Gasteiger partial charge in [0.25, 0.3) is 0 Å². The minimum atomic E-state index is -0.744. The summed E-state index contributed by atoms with van der Waals surface area (Å²) in [4.78, 5) is 68.2. The fourth-order valence-electron chi connectivity index (χ4n) is 7.09. The first-order valence-electron chi connectivity index (χ1n) is 19.4.